The van der Waals surface area contributed by atoms with Crippen molar-refractivity contribution in [1.29, 1.82) is 0 Å². The van der Waals surface area contributed by atoms with Gasteiger partial charge in [0.2, 0.25) is 5.89 Å². The first-order valence-corrected chi connectivity index (χ1v) is 10.2. The molecule has 4 rings (SSSR count). The molecule has 1 aliphatic rings. The number of ether oxygens (including phenoxy) is 2. The number of hydrogen-bond acceptors (Lipinski definition) is 6. The van der Waals surface area contributed by atoms with Crippen molar-refractivity contribution in [3.8, 4) is 17.6 Å². The molecule has 7 nitrogen and oxygen atoms in total. The zero-order valence-electron chi connectivity index (χ0n) is 17.5. The summed E-state index contributed by atoms with van der Waals surface area (Å²) in [6.45, 7) is 1.43. The number of nitrogens with zero attached hydrogens (tertiary/aromatic N) is 2. The summed E-state index contributed by atoms with van der Waals surface area (Å²) in [7, 11) is 0. The molecular formula is C22H16ClF4N3O4. The second kappa shape index (κ2) is 8.98. The Bertz CT molecular complexity index is 1260. The molecule has 1 atom stereocenters. The fourth-order valence-corrected chi connectivity index (χ4v) is 3.34. The van der Waals surface area contributed by atoms with E-state index in [9.17, 15) is 22.4 Å². The number of nitrogens with one attached hydrogen (secondary N) is 1. The number of rotatable bonds is 7. The quantitative estimate of drug-likeness (QED) is 0.439. The molecule has 1 amide bonds. The number of allylic oxidation sites excluding steroid dienone is 2. The van der Waals surface area contributed by atoms with Crippen molar-refractivity contribution < 1.29 is 36.2 Å². The molecule has 0 saturated heterocycles. The van der Waals surface area contributed by atoms with Crippen molar-refractivity contribution in [3.63, 3.8) is 0 Å². The number of carbonyl (C=O) groups excluding carboxylic acids is 1. The van der Waals surface area contributed by atoms with E-state index < -0.39 is 28.9 Å². The monoisotopic (exact) mass is 497 g/mol. The van der Waals surface area contributed by atoms with Gasteiger partial charge < -0.3 is 19.2 Å². The van der Waals surface area contributed by atoms with Gasteiger partial charge in [-0.3, -0.25) is 4.79 Å². The number of alkyl halides is 3. The summed E-state index contributed by atoms with van der Waals surface area (Å²) in [5, 5.41) is 10.2. The van der Waals surface area contributed by atoms with Gasteiger partial charge in [-0.1, -0.05) is 22.8 Å². The van der Waals surface area contributed by atoms with Crippen LogP contribution in [0.25, 0.3) is 0 Å². The third kappa shape index (κ3) is 5.30. The number of aromatic nitrogens is 2. The molecule has 1 aliphatic carbocycles. The van der Waals surface area contributed by atoms with Crippen LogP contribution in [0.2, 0.25) is 5.02 Å². The van der Waals surface area contributed by atoms with Gasteiger partial charge in [-0.05, 0) is 43.3 Å². The largest absolute Gasteiger partial charge is 0.484 e. The molecule has 0 fully saturated rings. The van der Waals surface area contributed by atoms with Crippen LogP contribution in [-0.2, 0) is 16.4 Å². The van der Waals surface area contributed by atoms with Crippen molar-refractivity contribution in [1.82, 2.24) is 15.5 Å². The lowest BCUT2D eigenvalue weighted by Gasteiger charge is -2.33. The molecule has 34 heavy (non-hydrogen) atoms. The van der Waals surface area contributed by atoms with E-state index in [1.54, 1.807) is 13.0 Å². The molecule has 0 aliphatic heterocycles. The number of benzene rings is 2. The van der Waals surface area contributed by atoms with Crippen LogP contribution in [0.15, 0.2) is 58.7 Å². The van der Waals surface area contributed by atoms with E-state index in [-0.39, 0.29) is 35.1 Å². The summed E-state index contributed by atoms with van der Waals surface area (Å²) in [5.41, 5.74) is -0.994. The van der Waals surface area contributed by atoms with Crippen molar-refractivity contribution in [2.45, 2.75) is 24.9 Å². The molecular weight excluding hydrogens is 482 g/mol. The van der Waals surface area contributed by atoms with Gasteiger partial charge in [0.1, 0.15) is 17.3 Å². The van der Waals surface area contributed by atoms with Gasteiger partial charge in [0.05, 0.1) is 16.0 Å². The highest BCUT2D eigenvalue weighted by atomic mass is 35.5. The van der Waals surface area contributed by atoms with Crippen LogP contribution < -0.4 is 14.8 Å². The van der Waals surface area contributed by atoms with E-state index in [0.29, 0.717) is 12.1 Å². The van der Waals surface area contributed by atoms with Gasteiger partial charge in [0.25, 0.3) is 5.91 Å². The molecule has 0 saturated carbocycles. The maximum atomic E-state index is 13.4. The van der Waals surface area contributed by atoms with E-state index in [1.165, 1.54) is 24.3 Å². The predicted octanol–water partition coefficient (Wildman–Crippen LogP) is 5.41. The molecule has 3 aromatic rings. The topological polar surface area (TPSA) is 86.5 Å². The lowest BCUT2D eigenvalue weighted by atomic mass is 9.75. The molecule has 2 aromatic carbocycles. The minimum Gasteiger partial charge on any atom is -0.484 e. The first-order chi connectivity index (χ1) is 16.0. The van der Waals surface area contributed by atoms with Gasteiger partial charge in [-0.2, -0.15) is 13.2 Å². The van der Waals surface area contributed by atoms with Gasteiger partial charge in [0.15, 0.2) is 6.61 Å². The number of hydrogen-bond donors (Lipinski definition) is 1. The highest BCUT2D eigenvalue weighted by Gasteiger charge is 2.40. The number of amides is 1. The SMILES string of the molecule is CC1(c2nnc(Oc3cccc(C(F)(F)F)c3)o2)C=C(NC(=O)COc2ccc(Cl)c(F)c2)C1. The van der Waals surface area contributed by atoms with Crippen molar-refractivity contribution in [3.05, 3.63) is 76.5 Å². The van der Waals surface area contributed by atoms with E-state index in [0.717, 1.165) is 18.2 Å². The van der Waals surface area contributed by atoms with Crippen LogP contribution >= 0.6 is 11.6 Å². The van der Waals surface area contributed by atoms with Crippen LogP contribution in [0.3, 0.4) is 0 Å². The van der Waals surface area contributed by atoms with E-state index >= 15 is 0 Å². The maximum absolute atomic E-state index is 13.4. The molecule has 0 bridgehead atoms. The summed E-state index contributed by atoms with van der Waals surface area (Å²) in [6, 6.07) is 8.10. The molecule has 1 aromatic heterocycles. The van der Waals surface area contributed by atoms with Crippen LogP contribution in [0.1, 0.15) is 24.8 Å². The van der Waals surface area contributed by atoms with E-state index in [2.05, 4.69) is 15.5 Å². The zero-order valence-corrected chi connectivity index (χ0v) is 18.2. The smallest absolute Gasteiger partial charge is 0.420 e. The molecule has 0 spiro atoms. The third-order valence-corrected chi connectivity index (χ3v) is 5.18. The average Bonchev–Trinajstić information content (AvgIpc) is 3.22. The molecule has 1 unspecified atom stereocenters. The van der Waals surface area contributed by atoms with Gasteiger partial charge in [-0.15, -0.1) is 5.10 Å². The standard InChI is InChI=1S/C22H16ClF4N3O4/c1-21(9-13(10-21)28-18(31)11-32-14-5-6-16(23)17(24)8-14)19-29-30-20(34-19)33-15-4-2-3-12(7-15)22(25,26)27/h2-9H,10-11H2,1H3,(H,28,31). The van der Waals surface area contributed by atoms with Crippen LogP contribution in [0.4, 0.5) is 17.6 Å². The second-order valence-corrected chi connectivity index (χ2v) is 8.08. The second-order valence-electron chi connectivity index (χ2n) is 7.68. The number of carbonyl (C=O) groups is 1. The lowest BCUT2D eigenvalue weighted by molar-refractivity contribution is -0.137. The van der Waals surface area contributed by atoms with Crippen molar-refractivity contribution in [2.24, 2.45) is 0 Å². The van der Waals surface area contributed by atoms with Gasteiger partial charge in [0, 0.05) is 18.2 Å². The van der Waals surface area contributed by atoms with E-state index in [4.69, 9.17) is 25.5 Å². The fraction of sp³-hybridized carbons (Fsp3) is 0.227. The Balaban J connectivity index is 1.33. The number of halogens is 5. The summed E-state index contributed by atoms with van der Waals surface area (Å²) in [4.78, 5) is 12.1. The Hall–Kier alpha value is -3.60. The average molecular weight is 498 g/mol. The molecule has 178 valence electrons. The Labute approximate surface area is 195 Å². The Kier molecular flexibility index (Phi) is 6.22. The van der Waals surface area contributed by atoms with Gasteiger partial charge in [-0.25, -0.2) is 4.39 Å². The van der Waals surface area contributed by atoms with Crippen LogP contribution in [0, 0.1) is 5.82 Å². The highest BCUT2D eigenvalue weighted by Crippen LogP contribution is 2.41. The lowest BCUT2D eigenvalue weighted by Crippen LogP contribution is -2.39. The molecule has 0 radical (unpaired) electrons. The Morgan fingerprint density at radius 2 is 1.97 bits per heavy atom. The van der Waals surface area contributed by atoms with Crippen LogP contribution in [0.5, 0.6) is 17.6 Å². The zero-order chi connectivity index (χ0) is 24.5. The first kappa shape index (κ1) is 23.6. The molecule has 12 heteroatoms. The minimum absolute atomic E-state index is 0.0554. The minimum atomic E-state index is -4.51. The summed E-state index contributed by atoms with van der Waals surface area (Å²) >= 11 is 5.60. The Morgan fingerprint density at radius 3 is 2.68 bits per heavy atom. The molecule has 1 heterocycles. The normalized spacial score (nSPS) is 17.5. The molecule has 1 N–H and O–H groups in total. The highest BCUT2D eigenvalue weighted by molar-refractivity contribution is 6.30. The summed E-state index contributed by atoms with van der Waals surface area (Å²) in [6.07, 6.45) is -2.79. The fourth-order valence-electron chi connectivity index (χ4n) is 3.22. The third-order valence-electron chi connectivity index (χ3n) is 4.87. The van der Waals surface area contributed by atoms with Crippen LogP contribution in [-0.4, -0.2) is 22.7 Å². The summed E-state index contributed by atoms with van der Waals surface area (Å²) in [5.74, 6) is -0.896. The maximum Gasteiger partial charge on any atom is 0.420 e. The van der Waals surface area contributed by atoms with E-state index in [1.807, 2.05) is 0 Å². The first-order valence-electron chi connectivity index (χ1n) is 9.80. The van der Waals surface area contributed by atoms with Crippen molar-refractivity contribution >= 4 is 17.5 Å². The predicted molar refractivity (Wildman–Crippen MR) is 111 cm³/mol. The Morgan fingerprint density at radius 1 is 1.21 bits per heavy atom. The van der Waals surface area contributed by atoms with Crippen molar-refractivity contribution in [2.75, 3.05) is 6.61 Å². The van der Waals surface area contributed by atoms with Gasteiger partial charge >= 0.3 is 12.3 Å². The summed E-state index contributed by atoms with van der Waals surface area (Å²) < 4.78 is 67.9.